The number of hydrogen-bond donors (Lipinski definition) is 1. The van der Waals surface area contributed by atoms with Gasteiger partial charge in [-0.1, -0.05) is 12.1 Å². The molecular formula is C16H17N7O. The largest absolute Gasteiger partial charge is 0.497 e. The summed E-state index contributed by atoms with van der Waals surface area (Å²) in [4.78, 5) is 2.18. The Kier molecular flexibility index (Phi) is 3.49. The van der Waals surface area contributed by atoms with E-state index in [1.807, 2.05) is 16.7 Å². The number of hydrogen-bond acceptors (Lipinski definition) is 6. The van der Waals surface area contributed by atoms with Crippen molar-refractivity contribution >= 4 is 5.95 Å². The number of aromatic amines is 1. The molecule has 8 nitrogen and oxygen atoms in total. The molecule has 0 spiro atoms. The lowest BCUT2D eigenvalue weighted by molar-refractivity contribution is 0.414. The minimum absolute atomic E-state index is 0.598. The van der Waals surface area contributed by atoms with Crippen molar-refractivity contribution in [3.63, 3.8) is 0 Å². The Morgan fingerprint density at radius 2 is 2.17 bits per heavy atom. The van der Waals surface area contributed by atoms with Crippen LogP contribution in [0.25, 0.3) is 11.5 Å². The second kappa shape index (κ2) is 5.80. The van der Waals surface area contributed by atoms with E-state index in [0.717, 1.165) is 24.8 Å². The van der Waals surface area contributed by atoms with Crippen LogP contribution in [0.2, 0.25) is 0 Å². The fourth-order valence-electron chi connectivity index (χ4n) is 2.96. The molecule has 1 aliphatic heterocycles. The van der Waals surface area contributed by atoms with Gasteiger partial charge in [-0.15, -0.1) is 16.8 Å². The number of allylic oxidation sites excluding steroid dienone is 1. The first-order chi connectivity index (χ1) is 11.8. The average molecular weight is 323 g/mol. The summed E-state index contributed by atoms with van der Waals surface area (Å²) in [6.45, 7) is 5.98. The molecule has 24 heavy (non-hydrogen) atoms. The Balaban J connectivity index is 1.69. The first-order valence-electron chi connectivity index (χ1n) is 7.61. The van der Waals surface area contributed by atoms with E-state index in [-0.39, 0.29) is 0 Å². The van der Waals surface area contributed by atoms with E-state index in [0.29, 0.717) is 18.1 Å². The molecule has 0 aliphatic carbocycles. The van der Waals surface area contributed by atoms with Crippen LogP contribution in [0.4, 0.5) is 5.95 Å². The van der Waals surface area contributed by atoms with Gasteiger partial charge in [0.2, 0.25) is 5.95 Å². The molecule has 1 N–H and O–H groups in total. The van der Waals surface area contributed by atoms with Crippen molar-refractivity contribution in [1.29, 1.82) is 0 Å². The maximum atomic E-state index is 5.31. The summed E-state index contributed by atoms with van der Waals surface area (Å²) < 4.78 is 7.31. The molecule has 8 heteroatoms. The van der Waals surface area contributed by atoms with Gasteiger partial charge in [-0.25, -0.2) is 0 Å². The third kappa shape index (κ3) is 2.32. The molecule has 122 valence electrons. The van der Waals surface area contributed by atoms with Crippen molar-refractivity contribution in [2.75, 3.05) is 12.0 Å². The van der Waals surface area contributed by atoms with Crippen LogP contribution in [0.5, 0.6) is 5.75 Å². The highest BCUT2D eigenvalue weighted by Crippen LogP contribution is 2.31. The Bertz CT molecular complexity index is 869. The number of benzene rings is 1. The van der Waals surface area contributed by atoms with Crippen molar-refractivity contribution in [3.05, 3.63) is 48.2 Å². The van der Waals surface area contributed by atoms with E-state index in [2.05, 4.69) is 49.2 Å². The van der Waals surface area contributed by atoms with Gasteiger partial charge in [-0.3, -0.25) is 4.57 Å². The van der Waals surface area contributed by atoms with Gasteiger partial charge in [-0.2, -0.15) is 15.4 Å². The predicted molar refractivity (Wildman–Crippen MR) is 88.5 cm³/mol. The lowest BCUT2D eigenvalue weighted by Crippen LogP contribution is -2.19. The summed E-state index contributed by atoms with van der Waals surface area (Å²) in [5.41, 5.74) is 3.17. The van der Waals surface area contributed by atoms with Crippen LogP contribution >= 0.6 is 0 Å². The van der Waals surface area contributed by atoms with Crippen molar-refractivity contribution in [2.24, 2.45) is 0 Å². The van der Waals surface area contributed by atoms with Crippen LogP contribution in [0.1, 0.15) is 11.1 Å². The van der Waals surface area contributed by atoms with E-state index in [1.165, 1.54) is 11.1 Å². The number of aromatic nitrogens is 6. The van der Waals surface area contributed by atoms with E-state index >= 15 is 0 Å². The molecule has 0 bridgehead atoms. The quantitative estimate of drug-likeness (QED) is 0.721. The number of rotatable bonds is 5. The second-order valence-corrected chi connectivity index (χ2v) is 5.57. The molecular weight excluding hydrogens is 306 g/mol. The van der Waals surface area contributed by atoms with E-state index in [1.54, 1.807) is 13.3 Å². The van der Waals surface area contributed by atoms with Crippen molar-refractivity contribution in [3.8, 4) is 17.3 Å². The fourth-order valence-corrected chi connectivity index (χ4v) is 2.96. The summed E-state index contributed by atoms with van der Waals surface area (Å²) >= 11 is 0. The van der Waals surface area contributed by atoms with Crippen LogP contribution in [0.15, 0.2) is 37.1 Å². The zero-order valence-corrected chi connectivity index (χ0v) is 13.3. The van der Waals surface area contributed by atoms with Crippen molar-refractivity contribution < 1.29 is 4.74 Å². The number of fused-ring (bicyclic) bond motifs is 1. The van der Waals surface area contributed by atoms with Gasteiger partial charge >= 0.3 is 0 Å². The molecule has 2 aromatic heterocycles. The number of anilines is 1. The highest BCUT2D eigenvalue weighted by molar-refractivity contribution is 5.53. The fraction of sp³-hybridized carbons (Fsp3) is 0.250. The molecule has 1 aliphatic rings. The topological polar surface area (TPSA) is 84.8 Å². The van der Waals surface area contributed by atoms with E-state index in [4.69, 9.17) is 4.74 Å². The van der Waals surface area contributed by atoms with Crippen LogP contribution < -0.4 is 9.64 Å². The summed E-state index contributed by atoms with van der Waals surface area (Å²) in [6.07, 6.45) is 3.46. The molecule has 3 heterocycles. The van der Waals surface area contributed by atoms with Gasteiger partial charge in [0, 0.05) is 19.6 Å². The third-order valence-electron chi connectivity index (χ3n) is 4.11. The molecule has 4 rings (SSSR count). The SMILES string of the molecule is C=CCn1c(-c2cn[nH]n2)nnc1N1Cc2ccc(OC)cc2C1. The summed E-state index contributed by atoms with van der Waals surface area (Å²) in [5.74, 6) is 2.33. The standard InChI is InChI=1S/C16H17N7O/c1-3-6-23-15(14-8-17-21-18-14)19-20-16(23)22-9-11-4-5-13(24-2)7-12(11)10-22/h3-5,7-8H,1,6,9-10H2,2H3,(H,17,18,21). The minimum atomic E-state index is 0.598. The van der Waals surface area contributed by atoms with E-state index in [9.17, 15) is 0 Å². The van der Waals surface area contributed by atoms with Gasteiger partial charge in [0.1, 0.15) is 11.4 Å². The number of nitrogens with one attached hydrogen (secondary N) is 1. The summed E-state index contributed by atoms with van der Waals surface area (Å²) in [7, 11) is 1.68. The monoisotopic (exact) mass is 323 g/mol. The minimum Gasteiger partial charge on any atom is -0.497 e. The molecule has 0 unspecified atom stereocenters. The Morgan fingerprint density at radius 3 is 2.92 bits per heavy atom. The first kappa shape index (κ1) is 14.4. The zero-order valence-electron chi connectivity index (χ0n) is 13.3. The smallest absolute Gasteiger partial charge is 0.228 e. The molecule has 0 radical (unpaired) electrons. The maximum absolute atomic E-state index is 5.31. The molecule has 3 aromatic rings. The normalized spacial score (nSPS) is 13.1. The zero-order chi connectivity index (χ0) is 16.5. The molecule has 0 saturated carbocycles. The molecule has 0 amide bonds. The average Bonchev–Trinajstić information content (AvgIpc) is 3.32. The molecule has 0 fully saturated rings. The van der Waals surface area contributed by atoms with Crippen LogP contribution in [-0.2, 0) is 19.6 Å². The first-order valence-corrected chi connectivity index (χ1v) is 7.61. The number of methoxy groups -OCH3 is 1. The van der Waals surface area contributed by atoms with Crippen LogP contribution in [0.3, 0.4) is 0 Å². The lowest BCUT2D eigenvalue weighted by atomic mass is 10.1. The third-order valence-corrected chi connectivity index (χ3v) is 4.11. The van der Waals surface area contributed by atoms with Crippen LogP contribution in [-0.4, -0.2) is 37.3 Å². The van der Waals surface area contributed by atoms with Gasteiger partial charge in [0.05, 0.1) is 13.3 Å². The molecule has 0 atom stereocenters. The molecule has 0 saturated heterocycles. The van der Waals surface area contributed by atoms with Gasteiger partial charge in [-0.05, 0) is 23.3 Å². The lowest BCUT2D eigenvalue weighted by Gasteiger charge is -2.17. The van der Waals surface area contributed by atoms with Crippen molar-refractivity contribution in [1.82, 2.24) is 30.2 Å². The summed E-state index contributed by atoms with van der Waals surface area (Å²) in [6, 6.07) is 6.15. The summed E-state index contributed by atoms with van der Waals surface area (Å²) in [5, 5.41) is 19.2. The van der Waals surface area contributed by atoms with Gasteiger partial charge in [0.15, 0.2) is 5.82 Å². The van der Waals surface area contributed by atoms with Crippen molar-refractivity contribution in [2.45, 2.75) is 19.6 Å². The number of H-pyrrole nitrogens is 1. The predicted octanol–water partition coefficient (Wildman–Crippen LogP) is 1.78. The Labute approximate surface area is 138 Å². The Morgan fingerprint density at radius 1 is 1.29 bits per heavy atom. The van der Waals surface area contributed by atoms with E-state index < -0.39 is 0 Å². The highest BCUT2D eigenvalue weighted by atomic mass is 16.5. The maximum Gasteiger partial charge on any atom is 0.228 e. The second-order valence-electron chi connectivity index (χ2n) is 5.57. The molecule has 1 aromatic carbocycles. The number of ether oxygens (including phenoxy) is 1. The van der Waals surface area contributed by atoms with Crippen LogP contribution in [0, 0.1) is 0 Å². The van der Waals surface area contributed by atoms with Gasteiger partial charge < -0.3 is 9.64 Å². The number of nitrogens with zero attached hydrogens (tertiary/aromatic N) is 6. The Hall–Kier alpha value is -3.16. The van der Waals surface area contributed by atoms with Gasteiger partial charge in [0.25, 0.3) is 0 Å². The highest BCUT2D eigenvalue weighted by Gasteiger charge is 2.25.